The van der Waals surface area contributed by atoms with E-state index in [1.165, 1.54) is 11.1 Å². The first-order valence-corrected chi connectivity index (χ1v) is 14.5. The van der Waals surface area contributed by atoms with Crippen LogP contribution in [0.2, 0.25) is 0 Å². The Balaban J connectivity index is 1.26. The molecule has 1 unspecified atom stereocenters. The fourth-order valence-corrected chi connectivity index (χ4v) is 5.68. The summed E-state index contributed by atoms with van der Waals surface area (Å²) in [5.74, 6) is 0.0861. The molecule has 0 fully saturated rings. The maximum atomic E-state index is 13.1. The van der Waals surface area contributed by atoms with Crippen molar-refractivity contribution in [3.63, 3.8) is 0 Å². The molecule has 0 radical (unpaired) electrons. The molecule has 1 amide bonds. The number of hydrogen-bond donors (Lipinski definition) is 3. The summed E-state index contributed by atoms with van der Waals surface area (Å²) in [4.78, 5) is 36.4. The van der Waals surface area contributed by atoms with Crippen molar-refractivity contribution in [2.75, 3.05) is 18.8 Å². The number of nitrogens with two attached hydrogens (primary N) is 1. The highest BCUT2D eigenvalue weighted by molar-refractivity contribution is 5.90. The second-order valence-electron chi connectivity index (χ2n) is 11.0. The maximum Gasteiger partial charge on any atom is 0.244 e. The summed E-state index contributed by atoms with van der Waals surface area (Å²) in [7, 11) is 0. The standard InChI is InChI=1S/C32H35N9O2/c1-4-20-11-12-40(17-21(20)5-2)28(42)19-41-18-22(14-36-41)26-16-35-30-29(37-26)24(15-34-30)25-13-27(39-31(33)38-25)32(3,43)23-9-7-6-8-10-23/h6-10,13-16,18,43H,4-5,11-12,17,19H2,1-3H3,(H,34,35)(H2,33,38,39). The average Bonchev–Trinajstić information content (AvgIpc) is 3.67. The van der Waals surface area contributed by atoms with E-state index in [-0.39, 0.29) is 18.4 Å². The zero-order valence-corrected chi connectivity index (χ0v) is 24.6. The number of hydrogen-bond acceptors (Lipinski definition) is 8. The van der Waals surface area contributed by atoms with E-state index < -0.39 is 5.60 Å². The van der Waals surface area contributed by atoms with Crippen LogP contribution in [0.5, 0.6) is 0 Å². The van der Waals surface area contributed by atoms with Crippen molar-refractivity contribution in [3.05, 3.63) is 83.6 Å². The summed E-state index contributed by atoms with van der Waals surface area (Å²) in [6.45, 7) is 7.61. The summed E-state index contributed by atoms with van der Waals surface area (Å²) in [5, 5.41) is 15.8. The first kappa shape index (κ1) is 28.2. The summed E-state index contributed by atoms with van der Waals surface area (Å²) in [5.41, 5.74) is 12.3. The summed E-state index contributed by atoms with van der Waals surface area (Å²) in [6, 6.07) is 11.0. The molecule has 0 aliphatic carbocycles. The van der Waals surface area contributed by atoms with Gasteiger partial charge in [0.25, 0.3) is 0 Å². The van der Waals surface area contributed by atoms with E-state index in [1.807, 2.05) is 41.4 Å². The number of carbonyl (C=O) groups is 1. The molecular formula is C32H35N9O2. The van der Waals surface area contributed by atoms with E-state index in [9.17, 15) is 9.90 Å². The van der Waals surface area contributed by atoms with E-state index in [0.717, 1.165) is 31.4 Å². The van der Waals surface area contributed by atoms with Gasteiger partial charge in [0.15, 0.2) is 5.65 Å². The Morgan fingerprint density at radius 2 is 1.86 bits per heavy atom. The van der Waals surface area contributed by atoms with E-state index in [2.05, 4.69) is 38.9 Å². The van der Waals surface area contributed by atoms with Crippen LogP contribution in [0.15, 0.2) is 72.3 Å². The van der Waals surface area contributed by atoms with Crippen molar-refractivity contribution in [3.8, 4) is 22.5 Å². The molecule has 0 saturated carbocycles. The highest BCUT2D eigenvalue weighted by atomic mass is 16.3. The number of aliphatic hydroxyl groups is 1. The predicted molar refractivity (Wildman–Crippen MR) is 164 cm³/mol. The van der Waals surface area contributed by atoms with E-state index in [0.29, 0.717) is 45.9 Å². The quantitative estimate of drug-likeness (QED) is 0.229. The number of amides is 1. The number of benzene rings is 1. The van der Waals surface area contributed by atoms with Gasteiger partial charge in [-0.15, -0.1) is 0 Å². The van der Waals surface area contributed by atoms with E-state index in [4.69, 9.17) is 10.7 Å². The Kier molecular flexibility index (Phi) is 7.49. The van der Waals surface area contributed by atoms with Crippen LogP contribution in [-0.2, 0) is 16.9 Å². The third kappa shape index (κ3) is 5.51. The highest BCUT2D eigenvalue weighted by Crippen LogP contribution is 2.33. The molecule has 11 heteroatoms. The van der Waals surface area contributed by atoms with Crippen LogP contribution >= 0.6 is 0 Å². The molecule has 1 aliphatic heterocycles. The molecule has 5 aromatic rings. The third-order valence-electron chi connectivity index (χ3n) is 8.23. The maximum absolute atomic E-state index is 13.1. The van der Waals surface area contributed by atoms with Crippen molar-refractivity contribution >= 4 is 23.0 Å². The summed E-state index contributed by atoms with van der Waals surface area (Å²) in [6.07, 6.45) is 9.89. The van der Waals surface area contributed by atoms with Gasteiger partial charge in [-0.2, -0.15) is 5.10 Å². The molecule has 1 atom stereocenters. The Morgan fingerprint density at radius 1 is 1.07 bits per heavy atom. The fourth-order valence-electron chi connectivity index (χ4n) is 5.68. The molecule has 0 bridgehead atoms. The molecule has 4 aromatic heterocycles. The number of nitrogens with one attached hydrogen (secondary N) is 1. The summed E-state index contributed by atoms with van der Waals surface area (Å²) < 4.78 is 1.65. The monoisotopic (exact) mass is 577 g/mol. The van der Waals surface area contributed by atoms with Gasteiger partial charge >= 0.3 is 0 Å². The van der Waals surface area contributed by atoms with Crippen LogP contribution in [0.3, 0.4) is 0 Å². The van der Waals surface area contributed by atoms with Gasteiger partial charge in [-0.25, -0.2) is 19.9 Å². The highest BCUT2D eigenvalue weighted by Gasteiger charge is 2.29. The van der Waals surface area contributed by atoms with Gasteiger partial charge in [0.05, 0.1) is 29.5 Å². The second-order valence-corrected chi connectivity index (χ2v) is 11.0. The van der Waals surface area contributed by atoms with Crippen molar-refractivity contribution in [1.29, 1.82) is 0 Å². The number of anilines is 1. The lowest BCUT2D eigenvalue weighted by atomic mass is 9.91. The molecule has 11 nitrogen and oxygen atoms in total. The van der Waals surface area contributed by atoms with Crippen LogP contribution in [0.4, 0.5) is 5.95 Å². The third-order valence-corrected chi connectivity index (χ3v) is 8.23. The fraction of sp³-hybridized carbons (Fsp3) is 0.312. The van der Waals surface area contributed by atoms with Crippen LogP contribution in [-0.4, -0.2) is 63.7 Å². The van der Waals surface area contributed by atoms with Gasteiger partial charge in [0.2, 0.25) is 11.9 Å². The van der Waals surface area contributed by atoms with E-state index >= 15 is 0 Å². The Labute approximate surface area is 249 Å². The number of carbonyl (C=O) groups excluding carboxylic acids is 1. The van der Waals surface area contributed by atoms with Gasteiger partial charge in [0.1, 0.15) is 17.7 Å². The minimum Gasteiger partial charge on any atom is -0.379 e. The minimum atomic E-state index is -1.39. The van der Waals surface area contributed by atoms with Crippen molar-refractivity contribution in [2.24, 2.45) is 0 Å². The van der Waals surface area contributed by atoms with Crippen LogP contribution < -0.4 is 5.73 Å². The number of rotatable bonds is 8. The van der Waals surface area contributed by atoms with Gasteiger partial charge in [-0.3, -0.25) is 9.48 Å². The summed E-state index contributed by atoms with van der Waals surface area (Å²) >= 11 is 0. The first-order valence-electron chi connectivity index (χ1n) is 14.5. The normalized spacial score (nSPS) is 15.2. The average molecular weight is 578 g/mol. The molecule has 5 heterocycles. The Morgan fingerprint density at radius 3 is 2.63 bits per heavy atom. The van der Waals surface area contributed by atoms with Crippen LogP contribution in [0.1, 0.15) is 51.3 Å². The van der Waals surface area contributed by atoms with Gasteiger partial charge in [-0.05, 0) is 37.8 Å². The second kappa shape index (κ2) is 11.4. The van der Waals surface area contributed by atoms with Crippen LogP contribution in [0.25, 0.3) is 33.7 Å². The number of fused-ring (bicyclic) bond motifs is 1. The van der Waals surface area contributed by atoms with Crippen LogP contribution in [0, 0.1) is 0 Å². The lowest BCUT2D eigenvalue weighted by Gasteiger charge is -2.30. The molecule has 220 valence electrons. The zero-order chi connectivity index (χ0) is 30.1. The largest absolute Gasteiger partial charge is 0.379 e. The lowest BCUT2D eigenvalue weighted by Crippen LogP contribution is -2.39. The molecule has 6 rings (SSSR count). The first-order chi connectivity index (χ1) is 20.8. The Hall–Kier alpha value is -4.90. The number of nitrogen functional groups attached to an aromatic ring is 1. The Bertz CT molecular complexity index is 1820. The smallest absolute Gasteiger partial charge is 0.244 e. The number of aromatic nitrogens is 7. The SMILES string of the molecule is CCC1=C(CC)CN(C(=O)Cn2cc(-c3cnc4[nH]cc(-c5cc(C(C)(O)c6ccccc6)nc(N)n5)c4n3)cn2)CC1. The molecule has 4 N–H and O–H groups in total. The number of aromatic amines is 1. The molecule has 0 saturated heterocycles. The predicted octanol–water partition coefficient (Wildman–Crippen LogP) is 4.47. The number of nitrogens with zero attached hydrogens (tertiary/aromatic N) is 7. The van der Waals surface area contributed by atoms with Crippen molar-refractivity contribution < 1.29 is 9.90 Å². The van der Waals surface area contributed by atoms with Gasteiger partial charge < -0.3 is 20.7 Å². The van der Waals surface area contributed by atoms with E-state index in [1.54, 1.807) is 36.3 Å². The van der Waals surface area contributed by atoms with Gasteiger partial charge in [-0.1, -0.05) is 55.3 Å². The lowest BCUT2D eigenvalue weighted by molar-refractivity contribution is -0.131. The molecule has 0 spiro atoms. The van der Waals surface area contributed by atoms with Crippen molar-refractivity contribution in [1.82, 2.24) is 39.6 Å². The zero-order valence-electron chi connectivity index (χ0n) is 24.6. The van der Waals surface area contributed by atoms with Gasteiger partial charge in [0, 0.05) is 36.6 Å². The topological polar surface area (TPSA) is 152 Å². The van der Waals surface area contributed by atoms with Crippen molar-refractivity contribution in [2.45, 2.75) is 52.2 Å². The molecule has 1 aliphatic rings. The number of H-pyrrole nitrogens is 1. The molecular weight excluding hydrogens is 542 g/mol. The molecule has 43 heavy (non-hydrogen) atoms. The molecule has 1 aromatic carbocycles. The minimum absolute atomic E-state index is 0.0364.